The third kappa shape index (κ3) is 4.11. The number of nitrogens with one attached hydrogen (secondary N) is 1. The van der Waals surface area contributed by atoms with Gasteiger partial charge in [-0.05, 0) is 33.6 Å². The first-order chi connectivity index (χ1) is 10.7. The SMILES string of the molecule is CCn1ncc([C@H](C)NC(=O)[C@H]2CCCN(S(C)(=O)=O)C2)c1C. The summed E-state index contributed by atoms with van der Waals surface area (Å²) in [5.74, 6) is -0.378. The molecule has 0 saturated carbocycles. The van der Waals surface area contributed by atoms with Gasteiger partial charge in [-0.3, -0.25) is 9.48 Å². The van der Waals surface area contributed by atoms with Gasteiger partial charge in [0.1, 0.15) is 0 Å². The smallest absolute Gasteiger partial charge is 0.224 e. The molecule has 0 bridgehead atoms. The van der Waals surface area contributed by atoms with E-state index in [2.05, 4.69) is 10.4 Å². The topological polar surface area (TPSA) is 84.3 Å². The number of amides is 1. The van der Waals surface area contributed by atoms with Gasteiger partial charge in [-0.2, -0.15) is 5.10 Å². The number of nitrogens with zero attached hydrogens (tertiary/aromatic N) is 3. The van der Waals surface area contributed by atoms with Crippen LogP contribution in [0.1, 0.15) is 44.0 Å². The van der Waals surface area contributed by atoms with Crippen LogP contribution in [-0.4, -0.2) is 47.8 Å². The van der Waals surface area contributed by atoms with Gasteiger partial charge in [-0.25, -0.2) is 12.7 Å². The summed E-state index contributed by atoms with van der Waals surface area (Å²) in [6.45, 7) is 7.50. The Morgan fingerprint density at radius 2 is 2.22 bits per heavy atom. The van der Waals surface area contributed by atoms with Crippen molar-refractivity contribution in [3.8, 4) is 0 Å². The number of aryl methyl sites for hydroxylation is 1. The Morgan fingerprint density at radius 1 is 1.52 bits per heavy atom. The van der Waals surface area contributed by atoms with Crippen molar-refractivity contribution in [2.24, 2.45) is 5.92 Å². The summed E-state index contributed by atoms with van der Waals surface area (Å²) in [5, 5.41) is 7.30. The fraction of sp³-hybridized carbons (Fsp3) is 0.733. The maximum Gasteiger partial charge on any atom is 0.224 e. The number of rotatable bonds is 5. The lowest BCUT2D eigenvalue weighted by atomic mass is 9.98. The van der Waals surface area contributed by atoms with Crippen LogP contribution in [0, 0.1) is 12.8 Å². The van der Waals surface area contributed by atoms with Gasteiger partial charge in [0.15, 0.2) is 0 Å². The largest absolute Gasteiger partial charge is 0.349 e. The molecule has 1 aromatic rings. The van der Waals surface area contributed by atoms with Crippen LogP contribution in [-0.2, 0) is 21.4 Å². The van der Waals surface area contributed by atoms with E-state index in [9.17, 15) is 13.2 Å². The molecule has 0 aromatic carbocycles. The van der Waals surface area contributed by atoms with Gasteiger partial charge in [-0.15, -0.1) is 0 Å². The fourth-order valence-electron chi connectivity index (χ4n) is 3.07. The van der Waals surface area contributed by atoms with Crippen molar-refractivity contribution in [1.29, 1.82) is 0 Å². The minimum Gasteiger partial charge on any atom is -0.349 e. The quantitative estimate of drug-likeness (QED) is 0.867. The summed E-state index contributed by atoms with van der Waals surface area (Å²) in [4.78, 5) is 12.5. The molecule has 2 atom stereocenters. The summed E-state index contributed by atoms with van der Waals surface area (Å²) in [6, 6.07) is -0.142. The van der Waals surface area contributed by atoms with E-state index in [0.29, 0.717) is 13.0 Å². The predicted octanol–water partition coefficient (Wildman–Crippen LogP) is 1.06. The molecular formula is C15H26N4O3S. The highest BCUT2D eigenvalue weighted by Gasteiger charge is 2.31. The second-order valence-corrected chi connectivity index (χ2v) is 8.17. The van der Waals surface area contributed by atoms with Gasteiger partial charge < -0.3 is 5.32 Å². The van der Waals surface area contributed by atoms with Gasteiger partial charge in [0.25, 0.3) is 0 Å². The normalized spacial score (nSPS) is 21.1. The van der Waals surface area contributed by atoms with Crippen LogP contribution in [0.2, 0.25) is 0 Å². The highest BCUT2D eigenvalue weighted by molar-refractivity contribution is 7.88. The standard InChI is InChI=1S/C15H26N4O3S/c1-5-19-12(3)14(9-16-19)11(2)17-15(20)13-7-6-8-18(10-13)23(4,21)22/h9,11,13H,5-8,10H2,1-4H3,(H,17,20)/t11-,13-/m0/s1. The number of hydrogen-bond acceptors (Lipinski definition) is 4. The van der Waals surface area contributed by atoms with Crippen LogP contribution in [0.5, 0.6) is 0 Å². The molecule has 0 radical (unpaired) electrons. The fourth-order valence-corrected chi connectivity index (χ4v) is 3.98. The number of aromatic nitrogens is 2. The number of hydrogen-bond donors (Lipinski definition) is 1. The Balaban J connectivity index is 2.02. The van der Waals surface area contributed by atoms with Crippen molar-refractivity contribution in [2.45, 2.75) is 46.2 Å². The second-order valence-electron chi connectivity index (χ2n) is 6.19. The van der Waals surface area contributed by atoms with Crippen molar-refractivity contribution < 1.29 is 13.2 Å². The number of carbonyl (C=O) groups excluding carboxylic acids is 1. The van der Waals surface area contributed by atoms with E-state index in [4.69, 9.17) is 0 Å². The number of piperidine rings is 1. The highest BCUT2D eigenvalue weighted by atomic mass is 32.2. The Labute approximate surface area is 138 Å². The molecule has 1 N–H and O–H groups in total. The third-order valence-corrected chi connectivity index (χ3v) is 5.76. The van der Waals surface area contributed by atoms with E-state index in [0.717, 1.165) is 24.2 Å². The van der Waals surface area contributed by atoms with Crippen molar-refractivity contribution in [3.63, 3.8) is 0 Å². The van der Waals surface area contributed by atoms with Crippen LogP contribution >= 0.6 is 0 Å². The molecule has 0 aliphatic carbocycles. The summed E-state index contributed by atoms with van der Waals surface area (Å²) < 4.78 is 26.6. The van der Waals surface area contributed by atoms with E-state index in [-0.39, 0.29) is 24.4 Å². The van der Waals surface area contributed by atoms with Gasteiger partial charge in [0.2, 0.25) is 15.9 Å². The molecule has 1 aliphatic heterocycles. The Kier molecular flexibility index (Phi) is 5.46. The maximum absolute atomic E-state index is 12.5. The first-order valence-corrected chi connectivity index (χ1v) is 9.86. The van der Waals surface area contributed by atoms with Gasteiger partial charge in [0, 0.05) is 30.9 Å². The Hall–Kier alpha value is -1.41. The molecule has 23 heavy (non-hydrogen) atoms. The minimum absolute atomic E-state index is 0.0884. The first-order valence-electron chi connectivity index (χ1n) is 8.01. The summed E-state index contributed by atoms with van der Waals surface area (Å²) in [5.41, 5.74) is 2.04. The summed E-state index contributed by atoms with van der Waals surface area (Å²) in [6.07, 6.45) is 4.41. The monoisotopic (exact) mass is 342 g/mol. The van der Waals surface area contributed by atoms with Crippen molar-refractivity contribution in [3.05, 3.63) is 17.5 Å². The van der Waals surface area contributed by atoms with E-state index >= 15 is 0 Å². The van der Waals surface area contributed by atoms with E-state index in [1.807, 2.05) is 25.5 Å². The summed E-state index contributed by atoms with van der Waals surface area (Å²) in [7, 11) is -3.24. The minimum atomic E-state index is -3.24. The molecule has 1 aliphatic rings. The zero-order valence-electron chi connectivity index (χ0n) is 14.2. The van der Waals surface area contributed by atoms with Crippen LogP contribution in [0.25, 0.3) is 0 Å². The van der Waals surface area contributed by atoms with Crippen LogP contribution in [0.15, 0.2) is 6.20 Å². The average molecular weight is 342 g/mol. The van der Waals surface area contributed by atoms with Gasteiger partial charge >= 0.3 is 0 Å². The van der Waals surface area contributed by atoms with E-state index < -0.39 is 10.0 Å². The predicted molar refractivity (Wildman–Crippen MR) is 88.3 cm³/mol. The van der Waals surface area contributed by atoms with Crippen LogP contribution < -0.4 is 5.32 Å². The molecule has 8 heteroatoms. The first kappa shape index (κ1) is 17.9. The van der Waals surface area contributed by atoms with Crippen LogP contribution in [0.3, 0.4) is 0 Å². The zero-order chi connectivity index (χ0) is 17.2. The maximum atomic E-state index is 12.5. The van der Waals surface area contributed by atoms with Gasteiger partial charge in [0.05, 0.1) is 24.4 Å². The average Bonchev–Trinajstić information content (AvgIpc) is 2.87. The molecule has 1 amide bonds. The second kappa shape index (κ2) is 7.00. The lowest BCUT2D eigenvalue weighted by molar-refractivity contribution is -0.126. The van der Waals surface area contributed by atoms with Crippen molar-refractivity contribution >= 4 is 15.9 Å². The number of sulfonamides is 1. The molecule has 1 fully saturated rings. The molecule has 0 unspecified atom stereocenters. The zero-order valence-corrected chi connectivity index (χ0v) is 15.1. The lowest BCUT2D eigenvalue weighted by Gasteiger charge is -2.30. The molecule has 2 heterocycles. The molecule has 130 valence electrons. The summed E-state index contributed by atoms with van der Waals surface area (Å²) >= 11 is 0. The highest BCUT2D eigenvalue weighted by Crippen LogP contribution is 2.21. The molecule has 0 spiro atoms. The Bertz CT molecular complexity index is 668. The Morgan fingerprint density at radius 3 is 2.78 bits per heavy atom. The molecule has 1 aromatic heterocycles. The van der Waals surface area contributed by atoms with Crippen molar-refractivity contribution in [2.75, 3.05) is 19.3 Å². The lowest BCUT2D eigenvalue weighted by Crippen LogP contribution is -2.45. The number of carbonyl (C=O) groups is 1. The molecule has 7 nitrogen and oxygen atoms in total. The molecule has 1 saturated heterocycles. The molecular weight excluding hydrogens is 316 g/mol. The van der Waals surface area contributed by atoms with Crippen LogP contribution in [0.4, 0.5) is 0 Å². The third-order valence-electron chi connectivity index (χ3n) is 4.49. The van der Waals surface area contributed by atoms with Crippen molar-refractivity contribution in [1.82, 2.24) is 19.4 Å². The van der Waals surface area contributed by atoms with Gasteiger partial charge in [-0.1, -0.05) is 0 Å². The molecule has 2 rings (SSSR count). The van der Waals surface area contributed by atoms with E-state index in [1.165, 1.54) is 10.6 Å². The van der Waals surface area contributed by atoms with E-state index in [1.54, 1.807) is 6.20 Å².